The Morgan fingerprint density at radius 1 is 1.31 bits per heavy atom. The predicted octanol–water partition coefficient (Wildman–Crippen LogP) is 0.779. The van der Waals surface area contributed by atoms with Crippen LogP contribution in [0.15, 0.2) is 30.3 Å². The third-order valence-corrected chi connectivity index (χ3v) is 1.91. The SMILES string of the molecule is CC[n+]1[nH]nnc1-c1ccccc1. The van der Waals surface area contributed by atoms with Crippen molar-refractivity contribution in [2.24, 2.45) is 0 Å². The molecule has 0 saturated carbocycles. The summed E-state index contributed by atoms with van der Waals surface area (Å²) in [5.41, 5.74) is 1.08. The lowest BCUT2D eigenvalue weighted by Gasteiger charge is -1.93. The van der Waals surface area contributed by atoms with Gasteiger partial charge in [0.2, 0.25) is 0 Å². The summed E-state index contributed by atoms with van der Waals surface area (Å²) < 4.78 is 1.90. The van der Waals surface area contributed by atoms with Crippen LogP contribution in [0.25, 0.3) is 11.4 Å². The van der Waals surface area contributed by atoms with Gasteiger partial charge in [0.25, 0.3) is 0 Å². The minimum absolute atomic E-state index is 0.844. The molecule has 0 spiro atoms. The van der Waals surface area contributed by atoms with Gasteiger partial charge in [0.05, 0.1) is 12.1 Å². The first kappa shape index (κ1) is 7.91. The van der Waals surface area contributed by atoms with Crippen LogP contribution in [-0.2, 0) is 6.54 Å². The fourth-order valence-electron chi connectivity index (χ4n) is 1.25. The molecule has 13 heavy (non-hydrogen) atoms. The van der Waals surface area contributed by atoms with E-state index in [1.807, 2.05) is 41.9 Å². The zero-order chi connectivity index (χ0) is 9.10. The minimum atomic E-state index is 0.844. The van der Waals surface area contributed by atoms with Crippen molar-refractivity contribution >= 4 is 0 Å². The number of hydrogen-bond acceptors (Lipinski definition) is 2. The van der Waals surface area contributed by atoms with Gasteiger partial charge in [-0.1, -0.05) is 23.4 Å². The largest absolute Gasteiger partial charge is 0.331 e. The van der Waals surface area contributed by atoms with E-state index >= 15 is 0 Å². The first-order chi connectivity index (χ1) is 6.42. The molecule has 4 heteroatoms. The topological polar surface area (TPSA) is 45.5 Å². The molecule has 0 unspecified atom stereocenters. The van der Waals surface area contributed by atoms with E-state index in [2.05, 4.69) is 15.5 Å². The van der Waals surface area contributed by atoms with Gasteiger partial charge >= 0.3 is 5.82 Å². The van der Waals surface area contributed by atoms with Crippen molar-refractivity contribution in [3.05, 3.63) is 30.3 Å². The van der Waals surface area contributed by atoms with Crippen LogP contribution in [0.2, 0.25) is 0 Å². The molecule has 0 bridgehead atoms. The second-order valence-corrected chi connectivity index (χ2v) is 2.73. The number of nitrogens with zero attached hydrogens (tertiary/aromatic N) is 3. The molecule has 1 aromatic carbocycles. The van der Waals surface area contributed by atoms with E-state index in [0.29, 0.717) is 0 Å². The summed E-state index contributed by atoms with van der Waals surface area (Å²) in [5, 5.41) is 10.6. The molecular weight excluding hydrogens is 164 g/mol. The summed E-state index contributed by atoms with van der Waals surface area (Å²) in [6.07, 6.45) is 0. The lowest BCUT2D eigenvalue weighted by Crippen LogP contribution is -2.36. The smallest absolute Gasteiger partial charge is 0.158 e. The van der Waals surface area contributed by atoms with Crippen LogP contribution >= 0.6 is 0 Å². The quantitative estimate of drug-likeness (QED) is 0.685. The Kier molecular flexibility index (Phi) is 2.04. The molecule has 0 aliphatic rings. The number of aryl methyl sites for hydroxylation is 1. The molecule has 0 amide bonds. The molecule has 0 aliphatic heterocycles. The number of aromatic nitrogens is 4. The molecule has 2 rings (SSSR count). The van der Waals surface area contributed by atoms with Crippen molar-refractivity contribution in [2.45, 2.75) is 13.5 Å². The second-order valence-electron chi connectivity index (χ2n) is 2.73. The summed E-state index contributed by atoms with van der Waals surface area (Å²) in [6.45, 7) is 2.89. The highest BCUT2D eigenvalue weighted by molar-refractivity contribution is 5.50. The normalized spacial score (nSPS) is 10.2. The van der Waals surface area contributed by atoms with Crippen molar-refractivity contribution in [3.8, 4) is 11.4 Å². The van der Waals surface area contributed by atoms with Gasteiger partial charge in [0.15, 0.2) is 5.21 Å². The zero-order valence-electron chi connectivity index (χ0n) is 7.44. The van der Waals surface area contributed by atoms with Crippen LogP contribution in [0.4, 0.5) is 0 Å². The Bertz CT molecular complexity index is 380. The first-order valence-corrected chi connectivity index (χ1v) is 4.28. The third kappa shape index (κ3) is 1.42. The molecule has 1 heterocycles. The molecule has 1 N–H and O–H groups in total. The third-order valence-electron chi connectivity index (χ3n) is 1.91. The van der Waals surface area contributed by atoms with Gasteiger partial charge in [0, 0.05) is 0 Å². The summed E-state index contributed by atoms with van der Waals surface area (Å²) in [6, 6.07) is 10.0. The van der Waals surface area contributed by atoms with Gasteiger partial charge in [-0.05, 0) is 19.1 Å². The number of benzene rings is 1. The van der Waals surface area contributed by atoms with Crippen molar-refractivity contribution in [2.75, 3.05) is 0 Å². The number of aromatic amines is 1. The van der Waals surface area contributed by atoms with Gasteiger partial charge in [-0.15, -0.1) is 0 Å². The molecule has 2 aromatic rings. The maximum Gasteiger partial charge on any atom is 0.331 e. The van der Waals surface area contributed by atoms with E-state index in [9.17, 15) is 0 Å². The molecular formula is C9H11N4+. The fourth-order valence-corrected chi connectivity index (χ4v) is 1.25. The van der Waals surface area contributed by atoms with Crippen LogP contribution in [0, 0.1) is 0 Å². The summed E-state index contributed by atoms with van der Waals surface area (Å²) in [7, 11) is 0. The number of tetrazole rings is 1. The molecule has 0 fully saturated rings. The van der Waals surface area contributed by atoms with Crippen LogP contribution in [0.5, 0.6) is 0 Å². The molecule has 0 atom stereocenters. The Balaban J connectivity index is 2.47. The predicted molar refractivity (Wildman–Crippen MR) is 47.7 cm³/mol. The second kappa shape index (κ2) is 3.35. The van der Waals surface area contributed by atoms with Crippen molar-refractivity contribution < 1.29 is 4.68 Å². The van der Waals surface area contributed by atoms with E-state index in [1.54, 1.807) is 0 Å². The van der Waals surface area contributed by atoms with E-state index in [0.717, 1.165) is 17.9 Å². The van der Waals surface area contributed by atoms with Crippen molar-refractivity contribution in [1.82, 2.24) is 15.5 Å². The average Bonchev–Trinajstić information content (AvgIpc) is 2.67. The van der Waals surface area contributed by atoms with Crippen molar-refractivity contribution in [1.29, 1.82) is 0 Å². The fraction of sp³-hybridized carbons (Fsp3) is 0.222. The highest BCUT2D eigenvalue weighted by Gasteiger charge is 2.14. The Labute approximate surface area is 76.2 Å². The lowest BCUT2D eigenvalue weighted by molar-refractivity contribution is -0.741. The molecule has 1 aromatic heterocycles. The minimum Gasteiger partial charge on any atom is -0.158 e. The van der Waals surface area contributed by atoms with Gasteiger partial charge in [-0.2, -0.15) is 4.68 Å². The number of rotatable bonds is 2. The molecule has 4 nitrogen and oxygen atoms in total. The number of nitrogens with one attached hydrogen (secondary N) is 1. The molecule has 0 saturated heterocycles. The van der Waals surface area contributed by atoms with Crippen LogP contribution in [0.1, 0.15) is 6.92 Å². The number of H-pyrrole nitrogens is 1. The van der Waals surface area contributed by atoms with Gasteiger partial charge in [0.1, 0.15) is 5.10 Å². The Morgan fingerprint density at radius 2 is 2.08 bits per heavy atom. The average molecular weight is 175 g/mol. The maximum atomic E-state index is 4.01. The van der Waals surface area contributed by atoms with Gasteiger partial charge < -0.3 is 0 Å². The monoisotopic (exact) mass is 175 g/mol. The summed E-state index contributed by atoms with van der Waals surface area (Å²) in [4.78, 5) is 0. The molecule has 0 aliphatic carbocycles. The summed E-state index contributed by atoms with van der Waals surface area (Å²) in [5.74, 6) is 0.878. The molecule has 66 valence electrons. The molecule has 0 radical (unpaired) electrons. The van der Waals surface area contributed by atoms with E-state index in [1.165, 1.54) is 0 Å². The standard InChI is InChI=1S/C9H10N4/c1-2-13-9(10-11-12-13)8-6-4-3-5-7-8/h3-7H,2H2,1H3/p+1. The van der Waals surface area contributed by atoms with Crippen molar-refractivity contribution in [3.63, 3.8) is 0 Å². The van der Waals surface area contributed by atoms with Gasteiger partial charge in [-0.3, -0.25) is 0 Å². The van der Waals surface area contributed by atoms with E-state index in [-0.39, 0.29) is 0 Å². The van der Waals surface area contributed by atoms with Crippen LogP contribution in [0.3, 0.4) is 0 Å². The number of hydrogen-bond donors (Lipinski definition) is 1. The van der Waals surface area contributed by atoms with Gasteiger partial charge in [-0.25, -0.2) is 0 Å². The van der Waals surface area contributed by atoms with Crippen LogP contribution in [-0.4, -0.2) is 15.5 Å². The lowest BCUT2D eigenvalue weighted by atomic mass is 10.2. The zero-order valence-corrected chi connectivity index (χ0v) is 7.44. The first-order valence-electron chi connectivity index (χ1n) is 4.28. The van der Waals surface area contributed by atoms with E-state index < -0.39 is 0 Å². The van der Waals surface area contributed by atoms with Crippen LogP contribution < -0.4 is 4.68 Å². The Hall–Kier alpha value is -1.71. The van der Waals surface area contributed by atoms with E-state index in [4.69, 9.17) is 0 Å². The summed E-state index contributed by atoms with van der Waals surface area (Å²) >= 11 is 0. The highest BCUT2D eigenvalue weighted by Crippen LogP contribution is 2.09. The maximum absolute atomic E-state index is 4.01. The Morgan fingerprint density at radius 3 is 2.77 bits per heavy atom. The highest BCUT2D eigenvalue weighted by atomic mass is 15.5.